The lowest BCUT2D eigenvalue weighted by molar-refractivity contribution is 0.276. The van der Waals surface area contributed by atoms with Crippen molar-refractivity contribution in [3.05, 3.63) is 21.3 Å². The van der Waals surface area contributed by atoms with Gasteiger partial charge in [0.2, 0.25) is 0 Å². The molecule has 0 fully saturated rings. The van der Waals surface area contributed by atoms with Crippen LogP contribution in [0, 0.1) is 3.57 Å². The molecule has 0 amide bonds. The van der Waals surface area contributed by atoms with Gasteiger partial charge in [-0.3, -0.25) is 0 Å². The van der Waals surface area contributed by atoms with E-state index in [4.69, 9.17) is 15.6 Å². The maximum Gasteiger partial charge on any atom is 0.171 e. The van der Waals surface area contributed by atoms with Gasteiger partial charge in [-0.15, -0.1) is 12.4 Å². The molecule has 16 heavy (non-hydrogen) atoms. The van der Waals surface area contributed by atoms with Gasteiger partial charge < -0.3 is 20.7 Å². The minimum absolute atomic E-state index is 0. The van der Waals surface area contributed by atoms with E-state index in [9.17, 15) is 5.11 Å². The van der Waals surface area contributed by atoms with Gasteiger partial charge in [-0.1, -0.05) is 0 Å². The minimum Gasteiger partial charge on any atom is -0.504 e. The number of hydrogen-bond acceptors (Lipinski definition) is 4. The van der Waals surface area contributed by atoms with Crippen LogP contribution in [0.5, 0.6) is 11.5 Å². The van der Waals surface area contributed by atoms with Gasteiger partial charge in [0.1, 0.15) is 0 Å². The summed E-state index contributed by atoms with van der Waals surface area (Å²) in [5.74, 6) is 0.531. The molecule has 1 atom stereocenters. The normalized spacial score (nSPS) is 11.8. The minimum atomic E-state index is -0.238. The van der Waals surface area contributed by atoms with Gasteiger partial charge >= 0.3 is 0 Å². The number of phenols is 1. The molecule has 0 saturated carbocycles. The highest BCUT2D eigenvalue weighted by Gasteiger charge is 2.12. The molecular formula is C10H15ClINO3. The molecule has 1 aromatic rings. The number of aliphatic hydroxyl groups excluding tert-OH is 1. The molecule has 0 saturated heterocycles. The zero-order valence-corrected chi connectivity index (χ0v) is 11.8. The molecule has 0 radical (unpaired) electrons. The zero-order chi connectivity index (χ0) is 11.4. The van der Waals surface area contributed by atoms with Crippen LogP contribution in [0.25, 0.3) is 0 Å². The molecular weight excluding hydrogens is 344 g/mol. The third-order valence-corrected chi connectivity index (χ3v) is 2.96. The highest BCUT2D eigenvalue weighted by atomic mass is 127. The number of phenolic OH excluding ortho intramolecular Hbond substituents is 1. The summed E-state index contributed by atoms with van der Waals surface area (Å²) in [6.45, 7) is 0.0426. The monoisotopic (exact) mass is 359 g/mol. The Morgan fingerprint density at radius 2 is 2.12 bits per heavy atom. The van der Waals surface area contributed by atoms with Gasteiger partial charge in [-0.25, -0.2) is 0 Å². The average Bonchev–Trinajstić information content (AvgIpc) is 2.22. The van der Waals surface area contributed by atoms with Crippen LogP contribution in [-0.4, -0.2) is 23.9 Å². The second-order valence-corrected chi connectivity index (χ2v) is 4.33. The second-order valence-electron chi connectivity index (χ2n) is 3.17. The summed E-state index contributed by atoms with van der Waals surface area (Å²) in [5.41, 5.74) is 6.70. The van der Waals surface area contributed by atoms with Crippen LogP contribution in [-0.2, 0) is 0 Å². The number of ether oxygens (including phenoxy) is 1. The molecule has 4 N–H and O–H groups in total. The van der Waals surface area contributed by atoms with Crippen molar-refractivity contribution in [3.63, 3.8) is 0 Å². The molecule has 0 aliphatic rings. The van der Waals surface area contributed by atoms with Crippen molar-refractivity contribution in [3.8, 4) is 11.5 Å². The maximum absolute atomic E-state index is 9.61. The van der Waals surface area contributed by atoms with Gasteiger partial charge in [0.25, 0.3) is 0 Å². The molecule has 1 rings (SSSR count). The lowest BCUT2D eigenvalue weighted by atomic mass is 10.0. The topological polar surface area (TPSA) is 75.7 Å². The smallest absolute Gasteiger partial charge is 0.171 e. The molecule has 0 bridgehead atoms. The first-order valence-electron chi connectivity index (χ1n) is 4.53. The van der Waals surface area contributed by atoms with Crippen molar-refractivity contribution >= 4 is 35.0 Å². The van der Waals surface area contributed by atoms with E-state index in [2.05, 4.69) is 0 Å². The summed E-state index contributed by atoms with van der Waals surface area (Å²) in [6, 6.07) is 3.24. The van der Waals surface area contributed by atoms with E-state index in [1.165, 1.54) is 7.11 Å². The molecule has 0 aliphatic heterocycles. The van der Waals surface area contributed by atoms with Crippen molar-refractivity contribution < 1.29 is 14.9 Å². The maximum atomic E-state index is 9.61. The van der Waals surface area contributed by atoms with E-state index in [0.717, 1.165) is 5.56 Å². The van der Waals surface area contributed by atoms with Crippen molar-refractivity contribution in [2.75, 3.05) is 13.7 Å². The molecule has 0 aromatic heterocycles. The number of methoxy groups -OCH3 is 1. The van der Waals surface area contributed by atoms with Gasteiger partial charge in [0.05, 0.1) is 10.7 Å². The first kappa shape index (κ1) is 15.8. The fourth-order valence-electron chi connectivity index (χ4n) is 1.27. The molecule has 0 aliphatic carbocycles. The van der Waals surface area contributed by atoms with Crippen LogP contribution in [0.15, 0.2) is 12.1 Å². The lowest BCUT2D eigenvalue weighted by Crippen LogP contribution is -2.12. The lowest BCUT2D eigenvalue weighted by Gasteiger charge is -2.13. The Kier molecular flexibility index (Phi) is 7.05. The van der Waals surface area contributed by atoms with Crippen LogP contribution < -0.4 is 10.5 Å². The van der Waals surface area contributed by atoms with Gasteiger partial charge in [-0.05, 0) is 46.7 Å². The van der Waals surface area contributed by atoms with Gasteiger partial charge in [0, 0.05) is 12.6 Å². The number of aromatic hydroxyl groups is 1. The average molecular weight is 360 g/mol. The van der Waals surface area contributed by atoms with E-state index < -0.39 is 0 Å². The number of halogens is 2. The Bertz CT molecular complexity index is 349. The number of hydrogen-bond donors (Lipinski definition) is 3. The number of aliphatic hydroxyl groups is 1. The summed E-state index contributed by atoms with van der Waals surface area (Å²) >= 11 is 2.01. The molecule has 6 heteroatoms. The predicted octanol–water partition coefficient (Wildman–Crippen LogP) is 1.81. The van der Waals surface area contributed by atoms with E-state index in [1.807, 2.05) is 22.6 Å². The van der Waals surface area contributed by atoms with E-state index >= 15 is 0 Å². The van der Waals surface area contributed by atoms with Crippen molar-refractivity contribution in [1.82, 2.24) is 0 Å². The van der Waals surface area contributed by atoms with Crippen LogP contribution in [0.3, 0.4) is 0 Å². The first-order valence-corrected chi connectivity index (χ1v) is 5.60. The molecule has 0 heterocycles. The largest absolute Gasteiger partial charge is 0.504 e. The van der Waals surface area contributed by atoms with E-state index in [1.54, 1.807) is 12.1 Å². The van der Waals surface area contributed by atoms with Crippen LogP contribution in [0.1, 0.15) is 18.0 Å². The second kappa shape index (κ2) is 7.16. The standard InChI is InChI=1S/C10H14INO3.ClH/c1-15-9-5-6(8(12)2-3-13)4-7(11)10(9)14;/h4-5,8,13-14H,2-3,12H2,1H3;1H. The highest BCUT2D eigenvalue weighted by Crippen LogP contribution is 2.34. The van der Waals surface area contributed by atoms with Crippen molar-refractivity contribution in [1.29, 1.82) is 0 Å². The summed E-state index contributed by atoms with van der Waals surface area (Å²) in [5, 5.41) is 18.4. The summed E-state index contributed by atoms with van der Waals surface area (Å²) in [7, 11) is 1.49. The fourth-order valence-corrected chi connectivity index (χ4v) is 1.89. The predicted molar refractivity (Wildman–Crippen MR) is 73.3 cm³/mol. The highest BCUT2D eigenvalue weighted by molar-refractivity contribution is 14.1. The van der Waals surface area contributed by atoms with Crippen LogP contribution in [0.2, 0.25) is 0 Å². The Morgan fingerprint density at radius 3 is 2.62 bits per heavy atom. The van der Waals surface area contributed by atoms with Gasteiger partial charge in [-0.2, -0.15) is 0 Å². The number of rotatable bonds is 4. The molecule has 92 valence electrons. The number of benzene rings is 1. The third kappa shape index (κ3) is 3.65. The Labute approximate surface area is 114 Å². The molecule has 0 spiro atoms. The Balaban J connectivity index is 0.00000225. The molecule has 4 nitrogen and oxygen atoms in total. The zero-order valence-electron chi connectivity index (χ0n) is 8.81. The third-order valence-electron chi connectivity index (χ3n) is 2.14. The Hall–Kier alpha value is -0.240. The molecule has 1 aromatic carbocycles. The Morgan fingerprint density at radius 1 is 1.50 bits per heavy atom. The van der Waals surface area contributed by atoms with E-state index in [0.29, 0.717) is 15.7 Å². The van der Waals surface area contributed by atoms with Crippen molar-refractivity contribution in [2.45, 2.75) is 12.5 Å². The number of nitrogens with two attached hydrogens (primary N) is 1. The van der Waals surface area contributed by atoms with Crippen LogP contribution in [0.4, 0.5) is 0 Å². The SMILES string of the molecule is COc1cc(C(N)CCO)cc(I)c1O.Cl. The summed E-state index contributed by atoms with van der Waals surface area (Å²) in [6.07, 6.45) is 0.490. The van der Waals surface area contributed by atoms with E-state index in [-0.39, 0.29) is 30.8 Å². The first-order chi connectivity index (χ1) is 7.10. The summed E-state index contributed by atoms with van der Waals surface area (Å²) < 4.78 is 5.71. The quantitative estimate of drug-likeness (QED) is 0.717. The van der Waals surface area contributed by atoms with Crippen molar-refractivity contribution in [2.24, 2.45) is 5.73 Å². The fraction of sp³-hybridized carbons (Fsp3) is 0.400. The molecule has 1 unspecified atom stereocenters. The summed E-state index contributed by atoms with van der Waals surface area (Å²) in [4.78, 5) is 0. The van der Waals surface area contributed by atoms with Gasteiger partial charge in [0.15, 0.2) is 11.5 Å². The van der Waals surface area contributed by atoms with Crippen LogP contribution >= 0.6 is 35.0 Å².